The van der Waals surface area contributed by atoms with E-state index in [-0.39, 0.29) is 37.6 Å². The number of anilines is 2. The van der Waals surface area contributed by atoms with Gasteiger partial charge in [0.2, 0.25) is 11.8 Å². The molecular formula is C44H68ClN5O17. The van der Waals surface area contributed by atoms with E-state index in [1.807, 2.05) is 0 Å². The molecule has 22 nitrogen and oxygen atoms in total. The maximum Gasteiger partial charge on any atom is 0.407 e. The molecule has 0 saturated carbocycles. The van der Waals surface area contributed by atoms with Crippen LogP contribution >= 0.6 is 11.6 Å². The van der Waals surface area contributed by atoms with Gasteiger partial charge in [-0.1, -0.05) is 36.6 Å². The van der Waals surface area contributed by atoms with Gasteiger partial charge >= 0.3 is 12.1 Å². The van der Waals surface area contributed by atoms with Gasteiger partial charge in [0.1, 0.15) is 29.2 Å². The Bertz CT molecular complexity index is 1890. The van der Waals surface area contributed by atoms with Crippen LogP contribution in [0.2, 0.25) is 5.02 Å². The zero-order valence-corrected chi connectivity index (χ0v) is 39.4. The lowest BCUT2D eigenvalue weighted by molar-refractivity contribution is -0.310. The number of aliphatic hydroxyl groups excluding tert-OH is 3. The Kier molecular flexibility index (Phi) is 24.9. The minimum Gasteiger partial charge on any atom is -0.477 e. The number of halogens is 1. The average Bonchev–Trinajstić information content (AvgIpc) is 3.26. The monoisotopic (exact) mass is 973 g/mol. The van der Waals surface area contributed by atoms with Crippen molar-refractivity contribution in [1.29, 1.82) is 0 Å². The summed E-state index contributed by atoms with van der Waals surface area (Å²) in [6.07, 6.45) is -5.82. The van der Waals surface area contributed by atoms with Gasteiger partial charge in [-0.2, -0.15) is 0 Å². The van der Waals surface area contributed by atoms with Crippen LogP contribution in [0.15, 0.2) is 33.9 Å². The summed E-state index contributed by atoms with van der Waals surface area (Å²) in [6, 6.07) is 5.21. The molecule has 1 heterocycles. The molecule has 3 amide bonds. The number of hydrogen-bond donors (Lipinski definition) is 9. The molecule has 0 unspecified atom stereocenters. The fourth-order valence-corrected chi connectivity index (χ4v) is 6.79. The fraction of sp³-hybridized carbons (Fsp3) is 0.682. The van der Waals surface area contributed by atoms with Crippen LogP contribution in [0.4, 0.5) is 16.2 Å². The van der Waals surface area contributed by atoms with Crippen LogP contribution in [0, 0.1) is 0 Å². The second kappa shape index (κ2) is 29.4. The highest BCUT2D eigenvalue weighted by Crippen LogP contribution is 2.34. The van der Waals surface area contributed by atoms with E-state index >= 15 is 0 Å². The first-order valence-corrected chi connectivity index (χ1v) is 22.7. The average molecular weight is 974 g/mol. The number of carboxylic acid groups (broad SMARTS) is 1. The predicted molar refractivity (Wildman–Crippen MR) is 244 cm³/mol. The number of aliphatic carboxylic acids is 1. The van der Waals surface area contributed by atoms with Crippen molar-refractivity contribution in [2.75, 3.05) is 96.3 Å². The van der Waals surface area contributed by atoms with Crippen molar-refractivity contribution >= 4 is 46.9 Å². The molecule has 0 radical (unpaired) electrons. The van der Waals surface area contributed by atoms with Gasteiger partial charge in [-0.15, -0.1) is 0 Å². The van der Waals surface area contributed by atoms with E-state index in [2.05, 4.69) is 26.6 Å². The lowest BCUT2D eigenvalue weighted by Crippen LogP contribution is -2.68. The summed E-state index contributed by atoms with van der Waals surface area (Å²) in [6.45, 7) is 9.60. The number of carboxylic acids is 1. The maximum atomic E-state index is 12.6. The highest BCUT2D eigenvalue weighted by molar-refractivity contribution is 6.30. The van der Waals surface area contributed by atoms with Crippen LogP contribution in [-0.2, 0) is 54.0 Å². The molecule has 2 aromatic rings. The standard InChI is InChI=1S/C44H68ClN5O17/c1-28(51)50-34-31(52)26-44(41(58)59,66-40(34)37(55)32(53)27-49-33(54)25-29-9-11-30(45)12-10-29)65-16-8-6-5-7-13-46-35-36(39(57)38(35)56)47-14-17-61-19-21-63-23-24-64-22-20-62-18-15-48-42(60)67-43(2,3)4/h9-12,31-32,34,37,40,46-47,52-53,55H,5-8,13-27H2,1-4H3,(H,48,60)(H,49,54)(H,50,51)(H,58,59)/t31-,32+,34+,37+,40+,44+/m0/s1. The fourth-order valence-electron chi connectivity index (χ4n) is 6.67. The Balaban J connectivity index is 1.29. The molecule has 0 aliphatic carbocycles. The largest absolute Gasteiger partial charge is 0.477 e. The summed E-state index contributed by atoms with van der Waals surface area (Å²) < 4.78 is 38.4. The third-order valence-corrected chi connectivity index (χ3v) is 10.2. The number of benzene rings is 1. The molecule has 1 saturated heterocycles. The Labute approximate surface area is 394 Å². The molecular weight excluding hydrogens is 906 g/mol. The van der Waals surface area contributed by atoms with Crippen molar-refractivity contribution in [3.8, 4) is 0 Å². The van der Waals surface area contributed by atoms with Gasteiger partial charge in [-0.05, 0) is 51.3 Å². The molecule has 3 rings (SSSR count). The highest BCUT2D eigenvalue weighted by atomic mass is 35.5. The van der Waals surface area contributed by atoms with Crippen LogP contribution in [-0.4, -0.2) is 172 Å². The predicted octanol–water partition coefficient (Wildman–Crippen LogP) is 0.444. The zero-order valence-electron chi connectivity index (χ0n) is 38.6. The first-order valence-electron chi connectivity index (χ1n) is 22.3. The van der Waals surface area contributed by atoms with Gasteiger partial charge in [0.25, 0.3) is 16.6 Å². The summed E-state index contributed by atoms with van der Waals surface area (Å²) in [7, 11) is 0. The molecule has 0 aromatic heterocycles. The number of rotatable bonds is 33. The number of alkyl carbamates (subject to hydrolysis) is 1. The molecule has 1 aliphatic heterocycles. The molecule has 378 valence electrons. The van der Waals surface area contributed by atoms with Gasteiger partial charge < -0.3 is 80.2 Å². The number of carbonyl (C=O) groups excluding carboxylic acids is 3. The van der Waals surface area contributed by atoms with Crippen LogP contribution in [0.25, 0.3) is 0 Å². The molecule has 1 fully saturated rings. The molecule has 0 bridgehead atoms. The van der Waals surface area contributed by atoms with Gasteiger partial charge in [0.15, 0.2) is 0 Å². The minimum absolute atomic E-state index is 0.0493. The normalized spacial score (nSPS) is 19.3. The molecule has 67 heavy (non-hydrogen) atoms. The molecule has 2 aromatic carbocycles. The van der Waals surface area contributed by atoms with Gasteiger partial charge in [0, 0.05) is 44.5 Å². The summed E-state index contributed by atoms with van der Waals surface area (Å²) in [5.41, 5.74) is -0.795. The van der Waals surface area contributed by atoms with E-state index in [9.17, 15) is 49.2 Å². The SMILES string of the molecule is CC(=O)N[C@H]1[C@H]([C@H](O)[C@H](O)CNC(=O)Cc2ccc(Cl)cc2)O[C@@](OCCCCCCNc2c(NCCOCCOCCOCCOCCNC(=O)OC(C)(C)C)c(=O)c2=O)(C(=O)O)C[C@@H]1O. The van der Waals surface area contributed by atoms with Crippen LogP contribution in [0.5, 0.6) is 0 Å². The van der Waals surface area contributed by atoms with Gasteiger partial charge in [-0.3, -0.25) is 19.2 Å². The van der Waals surface area contributed by atoms with Crippen molar-refractivity contribution in [3.63, 3.8) is 0 Å². The third kappa shape index (κ3) is 20.7. The third-order valence-electron chi connectivity index (χ3n) is 9.98. The number of unbranched alkanes of at least 4 members (excludes halogenated alkanes) is 3. The maximum absolute atomic E-state index is 12.6. The minimum atomic E-state index is -2.44. The Morgan fingerprint density at radius 3 is 1.91 bits per heavy atom. The second-order valence-corrected chi connectivity index (χ2v) is 17.1. The lowest BCUT2D eigenvalue weighted by Gasteiger charge is -2.46. The Morgan fingerprint density at radius 2 is 1.34 bits per heavy atom. The number of nitrogens with one attached hydrogen (secondary N) is 5. The number of hydrogen-bond acceptors (Lipinski definition) is 18. The van der Waals surface area contributed by atoms with E-state index in [1.54, 1.807) is 45.0 Å². The van der Waals surface area contributed by atoms with E-state index in [0.29, 0.717) is 95.6 Å². The molecule has 23 heteroatoms. The molecule has 0 spiro atoms. The zero-order chi connectivity index (χ0) is 49.4. The van der Waals surface area contributed by atoms with Crippen molar-refractivity contribution in [2.24, 2.45) is 0 Å². The number of amides is 3. The van der Waals surface area contributed by atoms with Crippen molar-refractivity contribution in [1.82, 2.24) is 16.0 Å². The molecule has 9 N–H and O–H groups in total. The van der Waals surface area contributed by atoms with Gasteiger partial charge in [0.05, 0.1) is 84.1 Å². The second-order valence-electron chi connectivity index (χ2n) is 16.7. The van der Waals surface area contributed by atoms with Crippen molar-refractivity contribution in [3.05, 3.63) is 55.3 Å². The summed E-state index contributed by atoms with van der Waals surface area (Å²) >= 11 is 5.89. The van der Waals surface area contributed by atoms with Crippen LogP contribution in [0.3, 0.4) is 0 Å². The van der Waals surface area contributed by atoms with E-state index in [4.69, 9.17) is 44.8 Å². The lowest BCUT2D eigenvalue weighted by atomic mass is 9.88. The van der Waals surface area contributed by atoms with E-state index < -0.39 is 89.5 Å². The van der Waals surface area contributed by atoms with E-state index in [0.717, 1.165) is 6.92 Å². The van der Waals surface area contributed by atoms with E-state index in [1.165, 1.54) is 0 Å². The van der Waals surface area contributed by atoms with Crippen molar-refractivity contribution in [2.45, 2.75) is 108 Å². The molecule has 1 aliphatic rings. The number of ether oxygens (including phenoxy) is 7. The van der Waals surface area contributed by atoms with Crippen LogP contribution < -0.4 is 37.4 Å². The van der Waals surface area contributed by atoms with Crippen LogP contribution in [0.1, 0.15) is 65.4 Å². The summed E-state index contributed by atoms with van der Waals surface area (Å²) in [5.74, 6) is -5.14. The topological polar surface area (TPSA) is 308 Å². The highest BCUT2D eigenvalue weighted by Gasteiger charge is 2.55. The number of aliphatic hydroxyl groups is 3. The van der Waals surface area contributed by atoms with Gasteiger partial charge in [-0.25, -0.2) is 9.59 Å². The quantitative estimate of drug-likeness (QED) is 0.0346. The first-order chi connectivity index (χ1) is 31.8. The Hall–Kier alpha value is -4.49. The van der Waals surface area contributed by atoms with Crippen molar-refractivity contribution < 1.29 is 72.8 Å². The summed E-state index contributed by atoms with van der Waals surface area (Å²) in [5, 5.41) is 57.1. The Morgan fingerprint density at radius 1 is 0.791 bits per heavy atom. The summed E-state index contributed by atoms with van der Waals surface area (Å²) in [4.78, 5) is 73.0. The first kappa shape index (κ1) is 56.8. The molecule has 6 atom stereocenters. The number of carbonyl (C=O) groups is 4. The smallest absolute Gasteiger partial charge is 0.407 e.